The van der Waals surface area contributed by atoms with E-state index in [-0.39, 0.29) is 17.2 Å². The minimum Gasteiger partial charge on any atom is -0.383 e. The van der Waals surface area contributed by atoms with Crippen LogP contribution in [0.25, 0.3) is 0 Å². The van der Waals surface area contributed by atoms with Crippen LogP contribution >= 0.6 is 11.3 Å². The molecule has 2 fully saturated rings. The summed E-state index contributed by atoms with van der Waals surface area (Å²) in [6.07, 6.45) is 3.47. The van der Waals surface area contributed by atoms with E-state index in [0.717, 1.165) is 38.9 Å². The van der Waals surface area contributed by atoms with Crippen molar-refractivity contribution in [1.29, 1.82) is 0 Å². The molecule has 1 spiro atoms. The van der Waals surface area contributed by atoms with E-state index in [2.05, 4.69) is 4.98 Å². The van der Waals surface area contributed by atoms with Gasteiger partial charge >= 0.3 is 0 Å². The highest BCUT2D eigenvalue weighted by Gasteiger charge is 2.41. The first kappa shape index (κ1) is 16.4. The van der Waals surface area contributed by atoms with Crippen LogP contribution in [0.5, 0.6) is 0 Å². The Hall–Kier alpha value is -1.47. The molecule has 23 heavy (non-hydrogen) atoms. The zero-order valence-corrected chi connectivity index (χ0v) is 14.3. The summed E-state index contributed by atoms with van der Waals surface area (Å²) in [5, 5.41) is 1.80. The summed E-state index contributed by atoms with van der Waals surface area (Å²) in [4.78, 5) is 32.4. The molecule has 1 aromatic rings. The second kappa shape index (κ2) is 6.97. The number of aromatic nitrogens is 1. The minimum absolute atomic E-state index is 0.0317. The number of rotatable bonds is 4. The summed E-state index contributed by atoms with van der Waals surface area (Å²) >= 11 is 1.45. The first-order valence-electron chi connectivity index (χ1n) is 8.08. The van der Waals surface area contributed by atoms with Gasteiger partial charge in [0.25, 0.3) is 5.91 Å². The third-order valence-electron chi connectivity index (χ3n) is 5.08. The maximum atomic E-state index is 12.4. The van der Waals surface area contributed by atoms with E-state index in [9.17, 15) is 9.59 Å². The number of nitrogens with zero attached hydrogens (tertiary/aromatic N) is 3. The molecule has 0 atom stereocenters. The number of thiazole rings is 1. The lowest BCUT2D eigenvalue weighted by Crippen LogP contribution is -2.52. The van der Waals surface area contributed by atoms with Gasteiger partial charge in [-0.05, 0) is 24.7 Å². The normalized spacial score (nSPS) is 21.0. The van der Waals surface area contributed by atoms with Gasteiger partial charge in [0.05, 0.1) is 12.1 Å². The Bertz CT molecular complexity index is 553. The van der Waals surface area contributed by atoms with Gasteiger partial charge in [0.15, 0.2) is 0 Å². The maximum absolute atomic E-state index is 12.4. The molecule has 2 amide bonds. The summed E-state index contributed by atoms with van der Waals surface area (Å²) in [6.45, 7) is 3.55. The molecule has 0 saturated carbocycles. The van der Waals surface area contributed by atoms with Gasteiger partial charge in [0.2, 0.25) is 5.91 Å². The van der Waals surface area contributed by atoms with Crippen molar-refractivity contribution in [3.05, 3.63) is 16.6 Å². The third-order valence-corrected chi connectivity index (χ3v) is 5.66. The summed E-state index contributed by atoms with van der Waals surface area (Å²) in [7, 11) is 1.66. The number of methoxy groups -OCH3 is 1. The molecule has 0 unspecified atom stereocenters. The fourth-order valence-electron chi connectivity index (χ4n) is 3.58. The molecule has 0 N–H and O–H groups in total. The van der Waals surface area contributed by atoms with Gasteiger partial charge in [0, 0.05) is 45.1 Å². The van der Waals surface area contributed by atoms with Crippen molar-refractivity contribution < 1.29 is 14.3 Å². The number of hydrogen-bond donors (Lipinski definition) is 0. The van der Waals surface area contributed by atoms with Crippen molar-refractivity contribution in [3.63, 3.8) is 0 Å². The quantitative estimate of drug-likeness (QED) is 0.838. The van der Waals surface area contributed by atoms with Crippen molar-refractivity contribution in [2.75, 3.05) is 39.9 Å². The molecule has 2 saturated heterocycles. The van der Waals surface area contributed by atoms with Crippen LogP contribution in [0.2, 0.25) is 0 Å². The molecule has 0 aliphatic carbocycles. The van der Waals surface area contributed by atoms with Crippen LogP contribution in [-0.2, 0) is 9.53 Å². The number of carbonyl (C=O) groups excluding carboxylic acids is 2. The summed E-state index contributed by atoms with van der Waals surface area (Å²) in [5.41, 5.74) is 2.41. The van der Waals surface area contributed by atoms with Crippen LogP contribution < -0.4 is 0 Å². The van der Waals surface area contributed by atoms with Crippen molar-refractivity contribution >= 4 is 23.2 Å². The van der Waals surface area contributed by atoms with Crippen LogP contribution in [0, 0.1) is 5.41 Å². The smallest absolute Gasteiger partial charge is 0.273 e. The maximum Gasteiger partial charge on any atom is 0.273 e. The molecule has 2 aliphatic rings. The van der Waals surface area contributed by atoms with Gasteiger partial charge in [0.1, 0.15) is 5.69 Å². The molecule has 0 bridgehead atoms. The number of ether oxygens (including phenoxy) is 1. The van der Waals surface area contributed by atoms with Crippen LogP contribution in [0.4, 0.5) is 0 Å². The monoisotopic (exact) mass is 337 g/mol. The van der Waals surface area contributed by atoms with Crippen LogP contribution in [-0.4, -0.2) is 66.5 Å². The molecule has 3 heterocycles. The molecular formula is C16H23N3O3S. The number of piperidine rings is 2. The van der Waals surface area contributed by atoms with Crippen LogP contribution in [0.1, 0.15) is 36.2 Å². The second-order valence-corrected chi connectivity index (χ2v) is 7.19. The first-order chi connectivity index (χ1) is 11.1. The van der Waals surface area contributed by atoms with Gasteiger partial charge < -0.3 is 14.5 Å². The number of hydrogen-bond acceptors (Lipinski definition) is 5. The fraction of sp³-hybridized carbons (Fsp3) is 0.688. The van der Waals surface area contributed by atoms with Gasteiger partial charge in [-0.1, -0.05) is 0 Å². The van der Waals surface area contributed by atoms with Crippen molar-refractivity contribution in [1.82, 2.24) is 14.8 Å². The Morgan fingerprint density at radius 3 is 2.83 bits per heavy atom. The third kappa shape index (κ3) is 3.55. The first-order valence-corrected chi connectivity index (χ1v) is 9.02. The highest BCUT2D eigenvalue weighted by Crippen LogP contribution is 2.40. The number of carbonyl (C=O) groups is 2. The average molecular weight is 337 g/mol. The second-order valence-electron chi connectivity index (χ2n) is 6.47. The van der Waals surface area contributed by atoms with E-state index in [1.165, 1.54) is 11.3 Å². The SMILES string of the molecule is COCCN1CC2(CCC1=O)CCN(C(=O)c1cscn1)CC2. The molecule has 3 rings (SSSR count). The lowest BCUT2D eigenvalue weighted by Gasteiger charge is -2.47. The van der Waals surface area contributed by atoms with Crippen molar-refractivity contribution in [3.8, 4) is 0 Å². The Morgan fingerprint density at radius 1 is 1.39 bits per heavy atom. The highest BCUT2D eigenvalue weighted by atomic mass is 32.1. The Morgan fingerprint density at radius 2 is 2.17 bits per heavy atom. The predicted octanol–water partition coefficient (Wildman–Crippen LogP) is 1.63. The Kier molecular flexibility index (Phi) is 4.96. The zero-order chi connectivity index (χ0) is 16.3. The standard InChI is InChI=1S/C16H23N3O3S/c1-22-9-8-19-11-16(3-2-14(19)20)4-6-18(7-5-16)15(21)13-10-23-12-17-13/h10,12H,2-9,11H2,1H3. The average Bonchev–Trinajstić information content (AvgIpc) is 3.11. The van der Waals surface area contributed by atoms with E-state index in [1.807, 2.05) is 9.80 Å². The summed E-state index contributed by atoms with van der Waals surface area (Å²) in [5.74, 6) is 0.262. The van der Waals surface area contributed by atoms with Crippen LogP contribution in [0.15, 0.2) is 10.9 Å². The highest BCUT2D eigenvalue weighted by molar-refractivity contribution is 7.07. The molecule has 6 nitrogen and oxygen atoms in total. The predicted molar refractivity (Wildman–Crippen MR) is 87.4 cm³/mol. The topological polar surface area (TPSA) is 62.7 Å². The lowest BCUT2D eigenvalue weighted by atomic mass is 9.72. The van der Waals surface area contributed by atoms with E-state index in [1.54, 1.807) is 18.0 Å². The van der Waals surface area contributed by atoms with Crippen molar-refractivity contribution in [2.24, 2.45) is 5.41 Å². The molecular weight excluding hydrogens is 314 g/mol. The Labute approximate surface area is 140 Å². The zero-order valence-electron chi connectivity index (χ0n) is 13.5. The lowest BCUT2D eigenvalue weighted by molar-refractivity contribution is -0.139. The number of amides is 2. The van der Waals surface area contributed by atoms with Gasteiger partial charge in [-0.3, -0.25) is 9.59 Å². The number of likely N-dealkylation sites (tertiary alicyclic amines) is 2. The molecule has 7 heteroatoms. The minimum atomic E-state index is 0.0317. The van der Waals surface area contributed by atoms with Gasteiger partial charge in [-0.25, -0.2) is 4.98 Å². The molecule has 2 aliphatic heterocycles. The van der Waals surface area contributed by atoms with Gasteiger partial charge in [-0.2, -0.15) is 0 Å². The van der Waals surface area contributed by atoms with Crippen LogP contribution in [0.3, 0.4) is 0 Å². The molecule has 0 aromatic carbocycles. The van der Waals surface area contributed by atoms with E-state index in [4.69, 9.17) is 4.74 Å². The summed E-state index contributed by atoms with van der Waals surface area (Å²) in [6, 6.07) is 0. The summed E-state index contributed by atoms with van der Waals surface area (Å²) < 4.78 is 5.11. The fourth-order valence-corrected chi connectivity index (χ4v) is 4.11. The molecule has 126 valence electrons. The van der Waals surface area contributed by atoms with E-state index >= 15 is 0 Å². The Balaban J connectivity index is 1.59. The largest absolute Gasteiger partial charge is 0.383 e. The van der Waals surface area contributed by atoms with Crippen molar-refractivity contribution in [2.45, 2.75) is 25.7 Å². The molecule has 1 aromatic heterocycles. The molecule has 0 radical (unpaired) electrons. The van der Waals surface area contributed by atoms with E-state index < -0.39 is 0 Å². The van der Waals surface area contributed by atoms with Gasteiger partial charge in [-0.15, -0.1) is 11.3 Å². The van der Waals surface area contributed by atoms with E-state index in [0.29, 0.717) is 25.3 Å².